The summed E-state index contributed by atoms with van der Waals surface area (Å²) in [5, 5.41) is 9.53. The van der Waals surface area contributed by atoms with Gasteiger partial charge < -0.3 is 0 Å². The third-order valence-corrected chi connectivity index (χ3v) is 5.95. The molecule has 6 rings (SSSR count). The van der Waals surface area contributed by atoms with Crippen molar-refractivity contribution < 1.29 is 0 Å². The largest absolute Gasteiger partial charge is 0.115 e. The number of benzene rings is 6. The van der Waals surface area contributed by atoms with Crippen molar-refractivity contribution >= 4 is 56.4 Å². The monoisotopic (exact) mass is 364 g/mol. The van der Waals surface area contributed by atoms with Gasteiger partial charge in [-0.05, 0) is 78.5 Å². The van der Waals surface area contributed by atoms with E-state index < -0.39 is 0 Å². The normalized spacial score (nSPS) is 11.6. The second-order valence-electron chi connectivity index (χ2n) is 7.64. The highest BCUT2D eigenvalue weighted by atomic mass is 14.2. The lowest BCUT2D eigenvalue weighted by atomic mass is 9.79. The van der Waals surface area contributed by atoms with E-state index in [9.17, 15) is 0 Å². The van der Waals surface area contributed by atoms with Crippen LogP contribution in [-0.2, 0) is 0 Å². The molecule has 0 saturated carbocycles. The van der Waals surface area contributed by atoms with Gasteiger partial charge in [0.25, 0.3) is 0 Å². The van der Waals surface area contributed by atoms with Crippen molar-refractivity contribution in [2.75, 3.05) is 0 Å². The van der Waals surface area contributed by atoms with Crippen molar-refractivity contribution in [2.24, 2.45) is 0 Å². The molecule has 0 aliphatic heterocycles. The van der Waals surface area contributed by atoms with Gasteiger partial charge in [-0.2, -0.15) is 0 Å². The Kier molecular flexibility index (Phi) is 3.51. The van der Waals surface area contributed by atoms with E-state index in [-0.39, 0.29) is 0 Å². The highest BCUT2D eigenvalue weighted by Crippen LogP contribution is 2.38. The summed E-state index contributed by atoms with van der Waals surface area (Å²) in [4.78, 5) is 0. The first-order valence-corrected chi connectivity index (χ1v) is 9.91. The Labute approximate surface area is 170 Å². The first-order chi connectivity index (χ1) is 14.3. The number of hydrogen-bond donors (Lipinski definition) is 0. The molecular formula is C28H17B. The summed E-state index contributed by atoms with van der Waals surface area (Å²) in [6, 6.07) is 36.7. The van der Waals surface area contributed by atoms with E-state index in [0.29, 0.717) is 0 Å². The lowest BCUT2D eigenvalue weighted by Crippen LogP contribution is -2.07. The molecule has 29 heavy (non-hydrogen) atoms. The Bertz CT molecular complexity index is 1450. The van der Waals surface area contributed by atoms with Gasteiger partial charge in [-0.25, -0.2) is 0 Å². The summed E-state index contributed by atoms with van der Waals surface area (Å²) in [5.74, 6) is 0. The van der Waals surface area contributed by atoms with E-state index in [2.05, 4.69) is 103 Å². The second-order valence-corrected chi connectivity index (χ2v) is 7.64. The minimum absolute atomic E-state index is 0.853. The minimum atomic E-state index is 0.853. The van der Waals surface area contributed by atoms with Gasteiger partial charge in [-0.1, -0.05) is 84.3 Å². The van der Waals surface area contributed by atoms with Crippen LogP contribution in [0.5, 0.6) is 0 Å². The summed E-state index contributed by atoms with van der Waals surface area (Å²) in [7, 11) is 6.78. The van der Waals surface area contributed by atoms with Crippen LogP contribution in [0.1, 0.15) is 0 Å². The van der Waals surface area contributed by atoms with Crippen LogP contribution in [0.3, 0.4) is 0 Å². The van der Waals surface area contributed by atoms with Gasteiger partial charge in [0.05, 0.1) is 0 Å². The Morgan fingerprint density at radius 1 is 0.414 bits per heavy atom. The predicted octanol–water partition coefficient (Wildman–Crippen LogP) is 6.76. The summed E-state index contributed by atoms with van der Waals surface area (Å²) < 4.78 is 0. The van der Waals surface area contributed by atoms with Crippen LogP contribution < -0.4 is 5.46 Å². The average molecular weight is 364 g/mol. The van der Waals surface area contributed by atoms with Crippen molar-refractivity contribution in [3.05, 3.63) is 103 Å². The molecule has 0 aliphatic carbocycles. The zero-order valence-corrected chi connectivity index (χ0v) is 15.9. The highest BCUT2D eigenvalue weighted by Gasteiger charge is 2.14. The van der Waals surface area contributed by atoms with E-state index in [1.165, 1.54) is 43.4 Å². The minimum Gasteiger partial charge on any atom is -0.0812 e. The van der Waals surface area contributed by atoms with Gasteiger partial charge in [0.1, 0.15) is 7.85 Å². The molecule has 0 nitrogen and oxygen atoms in total. The third-order valence-electron chi connectivity index (χ3n) is 5.95. The molecule has 0 N–H and O–H groups in total. The van der Waals surface area contributed by atoms with E-state index in [4.69, 9.17) is 7.85 Å². The van der Waals surface area contributed by atoms with Crippen molar-refractivity contribution in [1.29, 1.82) is 0 Å². The fourth-order valence-electron chi connectivity index (χ4n) is 4.55. The molecule has 0 aliphatic rings. The first kappa shape index (κ1) is 16.4. The van der Waals surface area contributed by atoms with Crippen LogP contribution in [-0.4, -0.2) is 7.85 Å². The zero-order valence-electron chi connectivity index (χ0n) is 15.9. The Balaban J connectivity index is 1.90. The lowest BCUT2D eigenvalue weighted by molar-refractivity contribution is 1.69. The summed E-state index contributed by atoms with van der Waals surface area (Å²) >= 11 is 0. The standard InChI is InChI=1S/C28H17B/c29-28-25-16-21-12-6-4-10-19(21)14-23(25)27(18-8-2-1-3-9-18)24-15-20-11-5-7-13-22(20)17-26(24)28/h1-17H. The third kappa shape index (κ3) is 2.48. The lowest BCUT2D eigenvalue weighted by Gasteiger charge is -2.17. The van der Waals surface area contributed by atoms with Crippen molar-refractivity contribution in [3.63, 3.8) is 0 Å². The molecule has 2 radical (unpaired) electrons. The molecule has 0 saturated heterocycles. The van der Waals surface area contributed by atoms with Crippen LogP contribution in [0.4, 0.5) is 0 Å². The molecule has 1 heteroatoms. The Morgan fingerprint density at radius 2 is 0.793 bits per heavy atom. The SMILES string of the molecule is [B]c1c2cc3ccccc3cc2c(-c2ccccc2)c2cc3ccccc3cc12. The maximum absolute atomic E-state index is 6.78. The maximum atomic E-state index is 6.78. The van der Waals surface area contributed by atoms with E-state index in [0.717, 1.165) is 16.2 Å². The quantitative estimate of drug-likeness (QED) is 0.223. The molecular weight excluding hydrogens is 347 g/mol. The van der Waals surface area contributed by atoms with Crippen LogP contribution >= 0.6 is 0 Å². The highest BCUT2D eigenvalue weighted by molar-refractivity contribution is 6.47. The van der Waals surface area contributed by atoms with Gasteiger partial charge in [0, 0.05) is 0 Å². The topological polar surface area (TPSA) is 0 Å². The molecule has 0 amide bonds. The summed E-state index contributed by atoms with van der Waals surface area (Å²) in [6.45, 7) is 0. The van der Waals surface area contributed by atoms with Crippen LogP contribution in [0, 0.1) is 0 Å². The second kappa shape index (κ2) is 6.22. The van der Waals surface area contributed by atoms with Gasteiger partial charge in [0.15, 0.2) is 0 Å². The molecule has 0 bridgehead atoms. The number of rotatable bonds is 1. The van der Waals surface area contributed by atoms with E-state index >= 15 is 0 Å². The van der Waals surface area contributed by atoms with Crippen LogP contribution in [0.15, 0.2) is 103 Å². The average Bonchev–Trinajstić information content (AvgIpc) is 2.78. The maximum Gasteiger partial charge on any atom is 0.115 e. The molecule has 0 fully saturated rings. The van der Waals surface area contributed by atoms with Gasteiger partial charge in [-0.3, -0.25) is 0 Å². The van der Waals surface area contributed by atoms with Crippen LogP contribution in [0.2, 0.25) is 0 Å². The molecule has 132 valence electrons. The summed E-state index contributed by atoms with van der Waals surface area (Å²) in [5.41, 5.74) is 3.32. The number of hydrogen-bond acceptors (Lipinski definition) is 0. The predicted molar refractivity (Wildman–Crippen MR) is 127 cm³/mol. The Morgan fingerprint density at radius 3 is 1.24 bits per heavy atom. The van der Waals surface area contributed by atoms with E-state index in [1.54, 1.807) is 0 Å². The molecule has 0 heterocycles. The zero-order chi connectivity index (χ0) is 19.4. The van der Waals surface area contributed by atoms with Gasteiger partial charge >= 0.3 is 0 Å². The molecule has 0 unspecified atom stereocenters. The smallest absolute Gasteiger partial charge is 0.0812 e. The van der Waals surface area contributed by atoms with Crippen molar-refractivity contribution in [3.8, 4) is 11.1 Å². The molecule has 0 aromatic heterocycles. The fourth-order valence-corrected chi connectivity index (χ4v) is 4.55. The van der Waals surface area contributed by atoms with Crippen LogP contribution in [0.25, 0.3) is 54.2 Å². The first-order valence-electron chi connectivity index (χ1n) is 9.91. The van der Waals surface area contributed by atoms with E-state index in [1.807, 2.05) is 0 Å². The van der Waals surface area contributed by atoms with Crippen molar-refractivity contribution in [1.82, 2.24) is 0 Å². The number of fused-ring (bicyclic) bond motifs is 4. The van der Waals surface area contributed by atoms with Gasteiger partial charge in [0.2, 0.25) is 0 Å². The molecule has 6 aromatic rings. The molecule has 0 atom stereocenters. The van der Waals surface area contributed by atoms with Gasteiger partial charge in [-0.15, -0.1) is 0 Å². The molecule has 0 spiro atoms. The summed E-state index contributed by atoms with van der Waals surface area (Å²) in [6.07, 6.45) is 0. The molecule has 6 aromatic carbocycles. The Hall–Kier alpha value is -3.58. The fraction of sp³-hybridized carbons (Fsp3) is 0. The van der Waals surface area contributed by atoms with Crippen molar-refractivity contribution in [2.45, 2.75) is 0 Å².